The highest BCUT2D eigenvalue weighted by Gasteiger charge is 2.57. The summed E-state index contributed by atoms with van der Waals surface area (Å²) < 4.78 is 2.24. The molecule has 3 aliphatic rings. The van der Waals surface area contributed by atoms with Crippen molar-refractivity contribution < 1.29 is 4.79 Å². The smallest absolute Gasteiger partial charge is 0.226 e. The van der Waals surface area contributed by atoms with Crippen molar-refractivity contribution in [1.29, 1.82) is 0 Å². The molecular formula is C20H25N5O. The molecule has 2 aromatic rings. The average molecular weight is 351 g/mol. The fourth-order valence-electron chi connectivity index (χ4n) is 4.85. The van der Waals surface area contributed by atoms with Gasteiger partial charge in [0, 0.05) is 56.3 Å². The summed E-state index contributed by atoms with van der Waals surface area (Å²) >= 11 is 0. The van der Waals surface area contributed by atoms with E-state index in [1.54, 1.807) is 0 Å². The number of hydrogen-bond donors (Lipinski definition) is 1. The van der Waals surface area contributed by atoms with Crippen molar-refractivity contribution in [2.45, 2.75) is 25.3 Å². The summed E-state index contributed by atoms with van der Waals surface area (Å²) in [6, 6.07) is 4.10. The van der Waals surface area contributed by atoms with Crippen LogP contribution >= 0.6 is 0 Å². The minimum atomic E-state index is 0.307. The van der Waals surface area contributed by atoms with Gasteiger partial charge in [-0.1, -0.05) is 0 Å². The van der Waals surface area contributed by atoms with Crippen LogP contribution in [-0.4, -0.2) is 51.5 Å². The molecule has 1 saturated carbocycles. The molecular weight excluding hydrogens is 326 g/mol. The number of fused-ring (bicyclic) bond motifs is 1. The fraction of sp³-hybridized carbons (Fsp3) is 0.550. The van der Waals surface area contributed by atoms with Crippen molar-refractivity contribution in [2.24, 2.45) is 17.8 Å². The molecule has 6 heteroatoms. The highest BCUT2D eigenvalue weighted by atomic mass is 16.2. The molecule has 2 aliphatic heterocycles. The van der Waals surface area contributed by atoms with E-state index in [2.05, 4.69) is 30.9 Å². The van der Waals surface area contributed by atoms with E-state index >= 15 is 0 Å². The molecule has 2 aromatic heterocycles. The van der Waals surface area contributed by atoms with Gasteiger partial charge in [-0.25, -0.2) is 4.98 Å². The number of aromatic nitrogens is 3. The van der Waals surface area contributed by atoms with E-state index in [1.165, 1.54) is 5.56 Å². The van der Waals surface area contributed by atoms with E-state index in [1.807, 2.05) is 30.7 Å². The predicted octanol–water partition coefficient (Wildman–Crippen LogP) is 1.50. The maximum absolute atomic E-state index is 12.7. The first-order valence-electron chi connectivity index (χ1n) is 9.70. The summed E-state index contributed by atoms with van der Waals surface area (Å²) in [5, 5.41) is 3.38. The van der Waals surface area contributed by atoms with Crippen LogP contribution in [0.1, 0.15) is 30.1 Å². The van der Waals surface area contributed by atoms with Gasteiger partial charge in [0.2, 0.25) is 5.91 Å². The third kappa shape index (κ3) is 2.82. The SMILES string of the molecule is O=C(C1[C@H]2CNC[C@@H]12)N1CCC(c2nccn2Cc2ccncc2)CC1. The van der Waals surface area contributed by atoms with Crippen LogP contribution in [-0.2, 0) is 11.3 Å². The first-order chi connectivity index (χ1) is 12.8. The van der Waals surface area contributed by atoms with E-state index in [-0.39, 0.29) is 0 Å². The molecule has 0 bridgehead atoms. The van der Waals surface area contributed by atoms with Gasteiger partial charge in [0.15, 0.2) is 0 Å². The predicted molar refractivity (Wildman–Crippen MR) is 97.5 cm³/mol. The molecule has 0 spiro atoms. The second kappa shape index (κ2) is 6.50. The standard InChI is InChI=1S/C20H25N5O/c26-20(18-16-11-22-12-17(16)18)24-8-3-15(4-9-24)19-23-7-10-25(19)13-14-1-5-21-6-2-14/h1-2,5-7,10,15-18,22H,3-4,8-9,11-13H2/t16-,17+,18?. The van der Waals surface area contributed by atoms with Crippen molar-refractivity contribution in [3.8, 4) is 0 Å². The van der Waals surface area contributed by atoms with Crippen molar-refractivity contribution in [1.82, 2.24) is 24.8 Å². The number of hydrogen-bond acceptors (Lipinski definition) is 4. The van der Waals surface area contributed by atoms with Gasteiger partial charge in [0.1, 0.15) is 5.82 Å². The Hall–Kier alpha value is -2.21. The molecule has 1 unspecified atom stereocenters. The zero-order valence-electron chi connectivity index (χ0n) is 14.9. The lowest BCUT2D eigenvalue weighted by Crippen LogP contribution is -2.40. The van der Waals surface area contributed by atoms with E-state index in [4.69, 9.17) is 0 Å². The Morgan fingerprint density at radius 3 is 2.58 bits per heavy atom. The second-order valence-corrected chi connectivity index (χ2v) is 7.88. The van der Waals surface area contributed by atoms with E-state index in [0.29, 0.717) is 29.6 Å². The molecule has 2 saturated heterocycles. The molecule has 136 valence electrons. The van der Waals surface area contributed by atoms with Gasteiger partial charge < -0.3 is 14.8 Å². The van der Waals surface area contributed by atoms with Crippen LogP contribution in [0.25, 0.3) is 0 Å². The largest absolute Gasteiger partial charge is 0.342 e. The normalized spacial score (nSPS) is 28.2. The number of amides is 1. The molecule has 1 amide bonds. The van der Waals surface area contributed by atoms with E-state index in [0.717, 1.165) is 51.4 Å². The highest BCUT2D eigenvalue weighted by Crippen LogP contribution is 2.50. The van der Waals surface area contributed by atoms with Gasteiger partial charge >= 0.3 is 0 Å². The highest BCUT2D eigenvalue weighted by molar-refractivity contribution is 5.82. The molecule has 6 nitrogen and oxygen atoms in total. The number of piperidine rings is 2. The van der Waals surface area contributed by atoms with Gasteiger partial charge in [-0.2, -0.15) is 0 Å². The van der Waals surface area contributed by atoms with Crippen molar-refractivity contribution >= 4 is 5.91 Å². The van der Waals surface area contributed by atoms with Crippen LogP contribution < -0.4 is 5.32 Å². The molecule has 1 aliphatic carbocycles. The zero-order valence-corrected chi connectivity index (χ0v) is 14.9. The summed E-state index contributed by atoms with van der Waals surface area (Å²) in [6.45, 7) is 4.63. The van der Waals surface area contributed by atoms with Crippen LogP contribution in [0.4, 0.5) is 0 Å². The maximum Gasteiger partial charge on any atom is 0.226 e. The molecule has 0 aromatic carbocycles. The molecule has 4 heterocycles. The summed E-state index contributed by atoms with van der Waals surface area (Å²) in [4.78, 5) is 23.6. The topological polar surface area (TPSA) is 63.1 Å². The molecule has 3 fully saturated rings. The van der Waals surface area contributed by atoms with Gasteiger partial charge in [-0.3, -0.25) is 9.78 Å². The molecule has 26 heavy (non-hydrogen) atoms. The summed E-state index contributed by atoms with van der Waals surface area (Å²) in [6.07, 6.45) is 9.65. The van der Waals surface area contributed by atoms with Gasteiger partial charge in [-0.15, -0.1) is 0 Å². The number of nitrogens with zero attached hydrogens (tertiary/aromatic N) is 4. The monoisotopic (exact) mass is 351 g/mol. The van der Waals surface area contributed by atoms with Crippen LogP contribution in [0, 0.1) is 17.8 Å². The Kier molecular flexibility index (Phi) is 4.00. The number of nitrogens with one attached hydrogen (secondary N) is 1. The van der Waals surface area contributed by atoms with E-state index < -0.39 is 0 Å². The lowest BCUT2D eigenvalue weighted by molar-refractivity contribution is -0.134. The molecule has 3 atom stereocenters. The first-order valence-corrected chi connectivity index (χ1v) is 9.70. The quantitative estimate of drug-likeness (QED) is 0.907. The number of pyridine rings is 1. The van der Waals surface area contributed by atoms with Crippen molar-refractivity contribution in [3.63, 3.8) is 0 Å². The van der Waals surface area contributed by atoms with Crippen LogP contribution in [0.15, 0.2) is 36.9 Å². The fourth-order valence-corrected chi connectivity index (χ4v) is 4.85. The summed E-state index contributed by atoms with van der Waals surface area (Å²) in [7, 11) is 0. The lowest BCUT2D eigenvalue weighted by Gasteiger charge is -2.32. The van der Waals surface area contributed by atoms with Crippen LogP contribution in [0.2, 0.25) is 0 Å². The number of likely N-dealkylation sites (tertiary alicyclic amines) is 1. The van der Waals surface area contributed by atoms with Crippen LogP contribution in [0.5, 0.6) is 0 Å². The third-order valence-corrected chi connectivity index (χ3v) is 6.40. The Bertz CT molecular complexity index is 771. The Labute approximate surface area is 153 Å². The zero-order chi connectivity index (χ0) is 17.5. The molecule has 5 rings (SSSR count). The minimum Gasteiger partial charge on any atom is -0.342 e. The Balaban J connectivity index is 1.21. The van der Waals surface area contributed by atoms with Gasteiger partial charge in [0.25, 0.3) is 0 Å². The van der Waals surface area contributed by atoms with Gasteiger partial charge in [-0.05, 0) is 55.5 Å². The number of imidazole rings is 1. The van der Waals surface area contributed by atoms with E-state index in [9.17, 15) is 4.79 Å². The maximum atomic E-state index is 12.7. The number of rotatable bonds is 4. The third-order valence-electron chi connectivity index (χ3n) is 6.40. The summed E-state index contributed by atoms with van der Waals surface area (Å²) in [5.41, 5.74) is 1.24. The Morgan fingerprint density at radius 1 is 1.12 bits per heavy atom. The van der Waals surface area contributed by atoms with Crippen molar-refractivity contribution in [2.75, 3.05) is 26.2 Å². The number of carbonyl (C=O) groups excluding carboxylic acids is 1. The second-order valence-electron chi connectivity index (χ2n) is 7.88. The Morgan fingerprint density at radius 2 is 1.85 bits per heavy atom. The van der Waals surface area contributed by atoms with Crippen molar-refractivity contribution in [3.05, 3.63) is 48.3 Å². The lowest BCUT2D eigenvalue weighted by atomic mass is 9.95. The van der Waals surface area contributed by atoms with Crippen LogP contribution in [0.3, 0.4) is 0 Å². The molecule has 1 N–H and O–H groups in total. The molecule has 0 radical (unpaired) electrons. The number of carbonyl (C=O) groups is 1. The average Bonchev–Trinajstić information content (AvgIpc) is 3.03. The first kappa shape index (κ1) is 16.0. The van der Waals surface area contributed by atoms with Gasteiger partial charge in [0.05, 0.1) is 0 Å². The summed E-state index contributed by atoms with van der Waals surface area (Å²) in [5.74, 6) is 3.53. The minimum absolute atomic E-state index is 0.307.